The molecule has 0 radical (unpaired) electrons. The first kappa shape index (κ1) is 14.0. The SMILES string of the molecule is NC1CCC(OCCN2C(=O)C3CCC(C3)C2=O)CC1. The van der Waals surface area contributed by atoms with E-state index in [1.807, 2.05) is 0 Å². The molecule has 5 heteroatoms. The first-order valence-corrected chi connectivity index (χ1v) is 7.87. The van der Waals surface area contributed by atoms with Crippen molar-refractivity contribution in [3.63, 3.8) is 0 Å². The molecule has 0 aromatic rings. The molecule has 0 aromatic carbocycles. The molecule has 3 rings (SSSR count). The molecule has 112 valence electrons. The van der Waals surface area contributed by atoms with Gasteiger partial charge in [0.05, 0.1) is 19.3 Å². The third kappa shape index (κ3) is 2.74. The number of imide groups is 1. The van der Waals surface area contributed by atoms with Crippen molar-refractivity contribution < 1.29 is 14.3 Å². The molecule has 2 N–H and O–H groups in total. The molecule has 1 heterocycles. The third-order valence-corrected chi connectivity index (χ3v) is 5.05. The van der Waals surface area contributed by atoms with E-state index in [2.05, 4.69) is 0 Å². The zero-order chi connectivity index (χ0) is 14.1. The van der Waals surface area contributed by atoms with Crippen LogP contribution in [0.4, 0.5) is 0 Å². The Kier molecular flexibility index (Phi) is 4.08. The monoisotopic (exact) mass is 280 g/mol. The van der Waals surface area contributed by atoms with E-state index in [9.17, 15) is 9.59 Å². The molecule has 3 fully saturated rings. The van der Waals surface area contributed by atoms with Gasteiger partial charge in [-0.25, -0.2) is 0 Å². The summed E-state index contributed by atoms with van der Waals surface area (Å²) in [6.07, 6.45) is 6.80. The van der Waals surface area contributed by atoms with Crippen molar-refractivity contribution in [3.8, 4) is 0 Å². The molecule has 2 atom stereocenters. The van der Waals surface area contributed by atoms with Crippen LogP contribution in [-0.4, -0.2) is 42.0 Å². The Morgan fingerprint density at radius 2 is 1.60 bits per heavy atom. The molecular weight excluding hydrogens is 256 g/mol. The molecule has 20 heavy (non-hydrogen) atoms. The third-order valence-electron chi connectivity index (χ3n) is 5.05. The average molecular weight is 280 g/mol. The van der Waals surface area contributed by atoms with E-state index in [1.165, 1.54) is 4.90 Å². The molecule has 2 bridgehead atoms. The zero-order valence-corrected chi connectivity index (χ0v) is 11.9. The van der Waals surface area contributed by atoms with Crippen molar-refractivity contribution in [2.45, 2.75) is 57.1 Å². The van der Waals surface area contributed by atoms with Gasteiger partial charge in [0.2, 0.25) is 11.8 Å². The minimum Gasteiger partial charge on any atom is -0.376 e. The summed E-state index contributed by atoms with van der Waals surface area (Å²) < 4.78 is 5.82. The van der Waals surface area contributed by atoms with Gasteiger partial charge in [-0.1, -0.05) is 0 Å². The number of hydrogen-bond acceptors (Lipinski definition) is 4. The van der Waals surface area contributed by atoms with Gasteiger partial charge in [-0.3, -0.25) is 14.5 Å². The summed E-state index contributed by atoms with van der Waals surface area (Å²) in [4.78, 5) is 25.7. The predicted octanol–water partition coefficient (Wildman–Crippen LogP) is 1.06. The maximum atomic E-state index is 12.2. The number of nitrogens with zero attached hydrogens (tertiary/aromatic N) is 1. The van der Waals surface area contributed by atoms with E-state index >= 15 is 0 Å². The van der Waals surface area contributed by atoms with Gasteiger partial charge in [0.1, 0.15) is 0 Å². The number of rotatable bonds is 4. The van der Waals surface area contributed by atoms with Crippen LogP contribution in [-0.2, 0) is 14.3 Å². The van der Waals surface area contributed by atoms with Crippen molar-refractivity contribution in [1.29, 1.82) is 0 Å². The minimum atomic E-state index is 0.0259. The standard InChI is InChI=1S/C15H24N2O3/c16-12-3-5-13(6-4-12)20-8-7-17-14(18)10-1-2-11(9-10)15(17)19/h10-13H,1-9,16H2. The van der Waals surface area contributed by atoms with E-state index in [0.29, 0.717) is 19.2 Å². The van der Waals surface area contributed by atoms with Crippen LogP contribution in [0.15, 0.2) is 0 Å². The zero-order valence-electron chi connectivity index (χ0n) is 11.9. The average Bonchev–Trinajstić information content (AvgIpc) is 2.90. The smallest absolute Gasteiger partial charge is 0.232 e. The lowest BCUT2D eigenvalue weighted by atomic mass is 9.94. The fourth-order valence-corrected chi connectivity index (χ4v) is 3.77. The van der Waals surface area contributed by atoms with Crippen molar-refractivity contribution in [1.82, 2.24) is 4.90 Å². The maximum absolute atomic E-state index is 12.2. The minimum absolute atomic E-state index is 0.0259. The molecule has 5 nitrogen and oxygen atoms in total. The number of hydrogen-bond donors (Lipinski definition) is 1. The summed E-state index contributed by atoms with van der Waals surface area (Å²) in [5.41, 5.74) is 5.86. The Balaban J connectivity index is 1.46. The van der Waals surface area contributed by atoms with Crippen LogP contribution in [0, 0.1) is 11.8 Å². The Hall–Kier alpha value is -0.940. The molecule has 3 aliphatic rings. The molecule has 0 spiro atoms. The van der Waals surface area contributed by atoms with Gasteiger partial charge in [-0.15, -0.1) is 0 Å². The highest BCUT2D eigenvalue weighted by Crippen LogP contribution is 2.37. The van der Waals surface area contributed by atoms with E-state index < -0.39 is 0 Å². The molecule has 1 aliphatic heterocycles. The van der Waals surface area contributed by atoms with Gasteiger partial charge < -0.3 is 10.5 Å². The van der Waals surface area contributed by atoms with Crippen molar-refractivity contribution >= 4 is 11.8 Å². The summed E-state index contributed by atoms with van der Waals surface area (Å²) in [6, 6.07) is 0.315. The van der Waals surface area contributed by atoms with E-state index in [1.54, 1.807) is 0 Å². The summed E-state index contributed by atoms with van der Waals surface area (Å²) >= 11 is 0. The maximum Gasteiger partial charge on any atom is 0.232 e. The molecule has 2 amide bonds. The van der Waals surface area contributed by atoms with Crippen LogP contribution in [0.3, 0.4) is 0 Å². The number of likely N-dealkylation sites (tertiary alicyclic amines) is 1. The van der Waals surface area contributed by atoms with Gasteiger partial charge >= 0.3 is 0 Å². The van der Waals surface area contributed by atoms with E-state index in [0.717, 1.165) is 44.9 Å². The summed E-state index contributed by atoms with van der Waals surface area (Å²) in [6.45, 7) is 0.893. The lowest BCUT2D eigenvalue weighted by Crippen LogP contribution is -2.47. The number of amides is 2. The van der Waals surface area contributed by atoms with Gasteiger partial charge in [-0.05, 0) is 44.9 Å². The van der Waals surface area contributed by atoms with E-state index in [4.69, 9.17) is 10.5 Å². The highest BCUT2D eigenvalue weighted by Gasteiger charge is 2.44. The second kappa shape index (κ2) is 5.82. The fourth-order valence-electron chi connectivity index (χ4n) is 3.77. The Bertz CT molecular complexity index is 369. The highest BCUT2D eigenvalue weighted by atomic mass is 16.5. The number of piperidine rings is 1. The second-order valence-electron chi connectivity index (χ2n) is 6.44. The lowest BCUT2D eigenvalue weighted by Gasteiger charge is -2.31. The van der Waals surface area contributed by atoms with Crippen LogP contribution in [0.25, 0.3) is 0 Å². The van der Waals surface area contributed by atoms with Crippen LogP contribution < -0.4 is 5.73 Å². The van der Waals surface area contributed by atoms with Crippen molar-refractivity contribution in [2.24, 2.45) is 17.6 Å². The van der Waals surface area contributed by atoms with Crippen molar-refractivity contribution in [3.05, 3.63) is 0 Å². The summed E-state index contributed by atoms with van der Waals surface area (Å²) in [5.74, 6) is 0.229. The van der Waals surface area contributed by atoms with Crippen LogP contribution in [0.1, 0.15) is 44.9 Å². The molecule has 1 saturated heterocycles. The summed E-state index contributed by atoms with van der Waals surface area (Å²) in [7, 11) is 0. The fraction of sp³-hybridized carbons (Fsp3) is 0.867. The van der Waals surface area contributed by atoms with Crippen LogP contribution in [0.5, 0.6) is 0 Å². The molecule has 0 aromatic heterocycles. The Morgan fingerprint density at radius 1 is 1.00 bits per heavy atom. The highest BCUT2D eigenvalue weighted by molar-refractivity contribution is 6.00. The number of ether oxygens (including phenoxy) is 1. The summed E-state index contributed by atoms with van der Waals surface area (Å²) in [5, 5.41) is 0. The number of carbonyl (C=O) groups is 2. The van der Waals surface area contributed by atoms with E-state index in [-0.39, 0.29) is 29.8 Å². The van der Waals surface area contributed by atoms with Crippen LogP contribution >= 0.6 is 0 Å². The van der Waals surface area contributed by atoms with Gasteiger partial charge in [0.15, 0.2) is 0 Å². The molecule has 2 unspecified atom stereocenters. The number of fused-ring (bicyclic) bond motifs is 2. The van der Waals surface area contributed by atoms with Gasteiger partial charge in [0.25, 0.3) is 0 Å². The normalized spacial score (nSPS) is 37.5. The number of nitrogens with two attached hydrogens (primary N) is 1. The quantitative estimate of drug-likeness (QED) is 0.782. The molecule has 2 aliphatic carbocycles. The first-order chi connectivity index (χ1) is 9.65. The predicted molar refractivity (Wildman–Crippen MR) is 73.7 cm³/mol. The topological polar surface area (TPSA) is 72.6 Å². The first-order valence-electron chi connectivity index (χ1n) is 7.87. The largest absolute Gasteiger partial charge is 0.376 e. The van der Waals surface area contributed by atoms with Gasteiger partial charge in [-0.2, -0.15) is 0 Å². The molecule has 2 saturated carbocycles. The lowest BCUT2D eigenvalue weighted by molar-refractivity contribution is -0.154. The van der Waals surface area contributed by atoms with Crippen LogP contribution in [0.2, 0.25) is 0 Å². The van der Waals surface area contributed by atoms with Gasteiger partial charge in [0, 0.05) is 17.9 Å². The van der Waals surface area contributed by atoms with Crippen molar-refractivity contribution in [2.75, 3.05) is 13.2 Å². The molecular formula is C15H24N2O3. The Labute approximate surface area is 119 Å². The Morgan fingerprint density at radius 3 is 2.20 bits per heavy atom. The number of carbonyl (C=O) groups excluding carboxylic acids is 2. The second-order valence-corrected chi connectivity index (χ2v) is 6.44.